The summed E-state index contributed by atoms with van der Waals surface area (Å²) in [6.45, 7) is 15.9. The first-order valence-electron chi connectivity index (χ1n) is 11.3. The summed E-state index contributed by atoms with van der Waals surface area (Å²) in [4.78, 5) is 16.5. The van der Waals surface area contributed by atoms with Gasteiger partial charge in [0.2, 0.25) is 5.88 Å². The second-order valence-electron chi connectivity index (χ2n) is 10.3. The number of nitrogens with zero attached hydrogens (tertiary/aromatic N) is 1. The molecule has 1 aliphatic rings. The van der Waals surface area contributed by atoms with Crippen LogP contribution < -0.4 is 15.5 Å². The normalized spacial score (nSPS) is 17.0. The third kappa shape index (κ3) is 6.48. The standard InChI is InChI=1S/C25H35BN2O5/c1-17-10-9-11-21(28-17)30-19-12-13-20(26-32-24(5,6)25(7,8)33-26)18(16-19)14-15-27-22(29)31-23(2,3)4/h9-13,16H,14-15H2,1-8H3,(H,27,29). The highest BCUT2D eigenvalue weighted by atomic mass is 16.7. The fourth-order valence-corrected chi connectivity index (χ4v) is 3.37. The van der Waals surface area contributed by atoms with Crippen molar-refractivity contribution in [2.75, 3.05) is 6.54 Å². The van der Waals surface area contributed by atoms with Crippen LogP contribution in [0.25, 0.3) is 0 Å². The number of carbonyl (C=O) groups excluding carboxylic acids is 1. The molecule has 1 aromatic heterocycles. The highest BCUT2D eigenvalue weighted by Gasteiger charge is 2.52. The number of benzene rings is 1. The van der Waals surface area contributed by atoms with Crippen LogP contribution in [0, 0.1) is 6.92 Å². The van der Waals surface area contributed by atoms with Crippen LogP contribution in [0.1, 0.15) is 59.7 Å². The second-order valence-corrected chi connectivity index (χ2v) is 10.3. The first kappa shape index (κ1) is 25.1. The van der Waals surface area contributed by atoms with E-state index in [0.29, 0.717) is 24.6 Å². The molecule has 178 valence electrons. The Kier molecular flexibility index (Phi) is 7.10. The van der Waals surface area contributed by atoms with Gasteiger partial charge in [0.1, 0.15) is 11.4 Å². The zero-order valence-electron chi connectivity index (χ0n) is 20.9. The molecule has 33 heavy (non-hydrogen) atoms. The lowest BCUT2D eigenvalue weighted by Crippen LogP contribution is -2.41. The van der Waals surface area contributed by atoms with Gasteiger partial charge in [0.05, 0.1) is 11.2 Å². The van der Waals surface area contributed by atoms with Gasteiger partial charge in [0.25, 0.3) is 0 Å². The largest absolute Gasteiger partial charge is 0.495 e. The highest BCUT2D eigenvalue weighted by Crippen LogP contribution is 2.37. The number of hydrogen-bond donors (Lipinski definition) is 1. The maximum absolute atomic E-state index is 12.1. The van der Waals surface area contributed by atoms with E-state index >= 15 is 0 Å². The van der Waals surface area contributed by atoms with Crippen LogP contribution in [0.5, 0.6) is 11.6 Å². The molecule has 0 saturated carbocycles. The summed E-state index contributed by atoms with van der Waals surface area (Å²) in [5.41, 5.74) is 1.28. The predicted octanol–water partition coefficient (Wildman–Crippen LogP) is 4.55. The minimum Gasteiger partial charge on any atom is -0.444 e. The molecule has 7 nitrogen and oxygen atoms in total. The summed E-state index contributed by atoms with van der Waals surface area (Å²) in [5, 5.41) is 2.82. The Morgan fingerprint density at radius 2 is 1.76 bits per heavy atom. The van der Waals surface area contributed by atoms with Gasteiger partial charge in [-0.1, -0.05) is 12.1 Å². The summed E-state index contributed by atoms with van der Waals surface area (Å²) in [6, 6.07) is 11.4. The number of amides is 1. The SMILES string of the molecule is Cc1cccc(Oc2ccc(B3OC(C)(C)C(C)(C)O3)c(CCNC(=O)OC(C)(C)C)c2)n1. The van der Waals surface area contributed by atoms with Crippen LogP contribution >= 0.6 is 0 Å². The summed E-state index contributed by atoms with van der Waals surface area (Å²) in [7, 11) is -0.516. The zero-order valence-corrected chi connectivity index (χ0v) is 20.9. The van der Waals surface area contributed by atoms with Crippen molar-refractivity contribution in [3.05, 3.63) is 47.7 Å². The Morgan fingerprint density at radius 1 is 1.09 bits per heavy atom. The van der Waals surface area contributed by atoms with Crippen LogP contribution in [-0.2, 0) is 20.5 Å². The number of ether oxygens (including phenoxy) is 2. The van der Waals surface area contributed by atoms with Gasteiger partial charge >= 0.3 is 13.2 Å². The molecule has 0 radical (unpaired) electrons. The lowest BCUT2D eigenvalue weighted by Gasteiger charge is -2.32. The molecule has 1 aliphatic heterocycles. The average molecular weight is 454 g/mol. The predicted molar refractivity (Wildman–Crippen MR) is 129 cm³/mol. The maximum Gasteiger partial charge on any atom is 0.495 e. The second kappa shape index (κ2) is 9.35. The van der Waals surface area contributed by atoms with E-state index in [2.05, 4.69) is 10.3 Å². The Bertz CT molecular complexity index is 985. The van der Waals surface area contributed by atoms with Gasteiger partial charge in [-0.2, -0.15) is 0 Å². The third-order valence-corrected chi connectivity index (χ3v) is 5.77. The quantitative estimate of drug-likeness (QED) is 0.646. The summed E-state index contributed by atoms with van der Waals surface area (Å²) < 4.78 is 23.9. The van der Waals surface area contributed by atoms with Crippen molar-refractivity contribution < 1.29 is 23.6 Å². The number of rotatable bonds is 6. The Labute approximate surface area is 197 Å². The van der Waals surface area contributed by atoms with E-state index in [9.17, 15) is 4.79 Å². The highest BCUT2D eigenvalue weighted by molar-refractivity contribution is 6.62. The number of carbonyl (C=O) groups is 1. The van der Waals surface area contributed by atoms with Gasteiger partial charge in [-0.3, -0.25) is 0 Å². The van der Waals surface area contributed by atoms with E-state index < -0.39 is 30.0 Å². The fraction of sp³-hybridized carbons (Fsp3) is 0.520. The molecule has 0 atom stereocenters. The number of aromatic nitrogens is 1. The number of hydrogen-bond acceptors (Lipinski definition) is 6. The van der Waals surface area contributed by atoms with Gasteiger partial charge < -0.3 is 24.1 Å². The summed E-state index contributed by atoms with van der Waals surface area (Å²) >= 11 is 0. The van der Waals surface area contributed by atoms with Crippen LogP contribution in [-0.4, -0.2) is 41.5 Å². The smallest absolute Gasteiger partial charge is 0.444 e. The van der Waals surface area contributed by atoms with Crippen molar-refractivity contribution in [2.45, 2.75) is 78.6 Å². The fourth-order valence-electron chi connectivity index (χ4n) is 3.37. The molecule has 1 saturated heterocycles. The van der Waals surface area contributed by atoms with Crippen molar-refractivity contribution in [1.29, 1.82) is 0 Å². The molecule has 1 fully saturated rings. The minimum absolute atomic E-state index is 0.396. The van der Waals surface area contributed by atoms with E-state index in [1.807, 2.05) is 91.8 Å². The average Bonchev–Trinajstić information content (AvgIpc) is 2.87. The van der Waals surface area contributed by atoms with Gasteiger partial charge in [-0.05, 0) is 91.0 Å². The monoisotopic (exact) mass is 454 g/mol. The van der Waals surface area contributed by atoms with Crippen LogP contribution in [0.3, 0.4) is 0 Å². The third-order valence-electron chi connectivity index (χ3n) is 5.77. The molecule has 1 aromatic carbocycles. The molecule has 2 heterocycles. The molecular weight excluding hydrogens is 419 g/mol. The van der Waals surface area contributed by atoms with Crippen molar-refractivity contribution in [1.82, 2.24) is 10.3 Å². The molecule has 1 amide bonds. The number of alkyl carbamates (subject to hydrolysis) is 1. The van der Waals surface area contributed by atoms with Crippen LogP contribution in [0.15, 0.2) is 36.4 Å². The lowest BCUT2D eigenvalue weighted by atomic mass is 9.75. The van der Waals surface area contributed by atoms with Crippen molar-refractivity contribution in [3.63, 3.8) is 0 Å². The summed E-state index contributed by atoms with van der Waals surface area (Å²) in [6.07, 6.45) is 0.105. The van der Waals surface area contributed by atoms with E-state index in [4.69, 9.17) is 18.8 Å². The first-order valence-corrected chi connectivity index (χ1v) is 11.3. The molecule has 8 heteroatoms. The maximum atomic E-state index is 12.1. The molecule has 1 N–H and O–H groups in total. The van der Waals surface area contributed by atoms with E-state index in [1.54, 1.807) is 0 Å². The van der Waals surface area contributed by atoms with Gasteiger partial charge in [0.15, 0.2) is 0 Å². The van der Waals surface area contributed by atoms with Crippen molar-refractivity contribution >= 4 is 18.7 Å². The number of nitrogens with one attached hydrogen (secondary N) is 1. The molecule has 0 bridgehead atoms. The van der Waals surface area contributed by atoms with Gasteiger partial charge in [-0.25, -0.2) is 9.78 Å². The molecular formula is C25H35BN2O5. The van der Waals surface area contributed by atoms with Gasteiger partial charge in [-0.15, -0.1) is 0 Å². The van der Waals surface area contributed by atoms with Gasteiger partial charge in [0, 0.05) is 18.3 Å². The Morgan fingerprint density at radius 3 is 2.36 bits per heavy atom. The van der Waals surface area contributed by atoms with Crippen LogP contribution in [0.4, 0.5) is 4.79 Å². The zero-order chi connectivity index (χ0) is 24.4. The molecule has 3 rings (SSSR count). The van der Waals surface area contributed by atoms with Crippen molar-refractivity contribution in [2.24, 2.45) is 0 Å². The minimum atomic E-state index is -0.549. The molecule has 0 aliphatic carbocycles. The number of pyridine rings is 1. The Balaban J connectivity index is 1.82. The summed E-state index contributed by atoms with van der Waals surface area (Å²) in [5.74, 6) is 1.18. The van der Waals surface area contributed by atoms with Crippen molar-refractivity contribution in [3.8, 4) is 11.6 Å². The first-order chi connectivity index (χ1) is 15.3. The molecule has 2 aromatic rings. The van der Waals surface area contributed by atoms with E-state index in [-0.39, 0.29) is 0 Å². The molecule has 0 spiro atoms. The Hall–Kier alpha value is -2.58. The van der Waals surface area contributed by atoms with E-state index in [0.717, 1.165) is 16.7 Å². The number of aryl methyl sites for hydroxylation is 1. The van der Waals surface area contributed by atoms with Crippen LogP contribution in [0.2, 0.25) is 0 Å². The lowest BCUT2D eigenvalue weighted by molar-refractivity contribution is 0.00578. The van der Waals surface area contributed by atoms with E-state index in [1.165, 1.54) is 0 Å². The molecule has 0 unspecified atom stereocenters. The topological polar surface area (TPSA) is 78.9 Å².